The van der Waals surface area contributed by atoms with Crippen molar-refractivity contribution in [3.05, 3.63) is 56.3 Å². The topological polar surface area (TPSA) is 64.6 Å². The molecule has 7 heteroatoms. The Morgan fingerprint density at radius 3 is 1.96 bits per heavy atom. The maximum atomic E-state index is 12.3. The molecule has 1 aromatic carbocycles. The zero-order chi connectivity index (χ0) is 18.0. The third-order valence-corrected chi connectivity index (χ3v) is 4.70. The summed E-state index contributed by atoms with van der Waals surface area (Å²) in [6, 6.07) is 5.06. The number of ether oxygens (including phenoxy) is 2. The maximum Gasteiger partial charge on any atom is 0.336 e. The number of carbonyl (C=O) groups is 2. The highest BCUT2D eigenvalue weighted by molar-refractivity contribution is 6.42. The number of carbonyl (C=O) groups excluding carboxylic acids is 2. The van der Waals surface area contributed by atoms with Gasteiger partial charge in [-0.3, -0.25) is 0 Å². The first-order valence-electron chi connectivity index (χ1n) is 7.12. The summed E-state index contributed by atoms with van der Waals surface area (Å²) in [5.74, 6) is -1.86. The Morgan fingerprint density at radius 2 is 1.50 bits per heavy atom. The molecule has 1 heterocycles. The van der Waals surface area contributed by atoms with E-state index < -0.39 is 17.9 Å². The van der Waals surface area contributed by atoms with Gasteiger partial charge in [0, 0.05) is 11.4 Å². The van der Waals surface area contributed by atoms with E-state index >= 15 is 0 Å². The monoisotopic (exact) mass is 369 g/mol. The van der Waals surface area contributed by atoms with Gasteiger partial charge in [-0.1, -0.05) is 35.3 Å². The van der Waals surface area contributed by atoms with Gasteiger partial charge in [-0.25, -0.2) is 9.59 Å². The molecular formula is C17H17Cl2NO4. The number of rotatable bonds is 3. The standard InChI is InChI=1S/C17H17Cl2NO4/c1-8-12(16(21)23-3)14(10-6-5-7-11(18)15(10)19)13(9(2)20-8)17(22)24-4/h5-7,14,20H,1-4H3. The van der Waals surface area contributed by atoms with Crippen LogP contribution >= 0.6 is 23.2 Å². The number of dihydropyridines is 1. The number of hydrogen-bond acceptors (Lipinski definition) is 5. The maximum absolute atomic E-state index is 12.3. The average Bonchev–Trinajstić information content (AvgIpc) is 2.55. The number of allylic oxidation sites excluding steroid dienone is 2. The highest BCUT2D eigenvalue weighted by Gasteiger charge is 2.38. The molecule has 1 aliphatic heterocycles. The fourth-order valence-corrected chi connectivity index (χ4v) is 3.23. The van der Waals surface area contributed by atoms with Crippen molar-refractivity contribution < 1.29 is 19.1 Å². The summed E-state index contributed by atoms with van der Waals surface area (Å²) in [5, 5.41) is 3.63. The van der Waals surface area contributed by atoms with Crippen LogP contribution in [-0.2, 0) is 19.1 Å². The van der Waals surface area contributed by atoms with Gasteiger partial charge in [0.05, 0.1) is 41.3 Å². The summed E-state index contributed by atoms with van der Waals surface area (Å²) >= 11 is 12.5. The van der Waals surface area contributed by atoms with Gasteiger partial charge in [-0.2, -0.15) is 0 Å². The molecule has 0 saturated heterocycles. The van der Waals surface area contributed by atoms with E-state index in [4.69, 9.17) is 32.7 Å². The second-order valence-corrected chi connectivity index (χ2v) is 6.05. The molecule has 0 atom stereocenters. The van der Waals surface area contributed by atoms with Crippen LogP contribution in [0.25, 0.3) is 0 Å². The van der Waals surface area contributed by atoms with Gasteiger partial charge in [-0.05, 0) is 25.5 Å². The smallest absolute Gasteiger partial charge is 0.336 e. The number of benzene rings is 1. The number of hydrogen-bond donors (Lipinski definition) is 1. The molecule has 5 nitrogen and oxygen atoms in total. The van der Waals surface area contributed by atoms with Crippen molar-refractivity contribution in [1.82, 2.24) is 5.32 Å². The quantitative estimate of drug-likeness (QED) is 0.824. The van der Waals surface area contributed by atoms with E-state index in [9.17, 15) is 9.59 Å². The zero-order valence-corrected chi connectivity index (χ0v) is 15.2. The predicted molar refractivity (Wildman–Crippen MR) is 91.8 cm³/mol. The molecule has 0 radical (unpaired) electrons. The summed E-state index contributed by atoms with van der Waals surface area (Å²) in [5.41, 5.74) is 2.26. The summed E-state index contributed by atoms with van der Waals surface area (Å²) in [4.78, 5) is 24.7. The average molecular weight is 370 g/mol. The fraction of sp³-hybridized carbons (Fsp3) is 0.294. The zero-order valence-electron chi connectivity index (χ0n) is 13.7. The first-order valence-corrected chi connectivity index (χ1v) is 7.88. The minimum atomic E-state index is -0.739. The Kier molecular flexibility index (Phi) is 5.57. The van der Waals surface area contributed by atoms with Crippen molar-refractivity contribution in [1.29, 1.82) is 0 Å². The molecule has 128 valence electrons. The molecule has 1 N–H and O–H groups in total. The van der Waals surface area contributed by atoms with E-state index in [0.717, 1.165) is 0 Å². The first-order chi connectivity index (χ1) is 11.3. The summed E-state index contributed by atoms with van der Waals surface area (Å²) in [6.07, 6.45) is 0. The highest BCUT2D eigenvalue weighted by atomic mass is 35.5. The molecule has 0 fully saturated rings. The van der Waals surface area contributed by atoms with Crippen LogP contribution in [0.3, 0.4) is 0 Å². The second-order valence-electron chi connectivity index (χ2n) is 5.26. The number of nitrogens with one attached hydrogen (secondary N) is 1. The van der Waals surface area contributed by atoms with Crippen LogP contribution in [0.1, 0.15) is 25.3 Å². The molecular weight excluding hydrogens is 353 g/mol. The predicted octanol–water partition coefficient (Wildman–Crippen LogP) is 3.57. The molecule has 1 aromatic rings. The SMILES string of the molecule is COC(=O)C1=C(C)NC(C)=C(C(=O)OC)C1c1cccc(Cl)c1Cl. The lowest BCUT2D eigenvalue weighted by Crippen LogP contribution is -2.32. The van der Waals surface area contributed by atoms with Crippen LogP contribution in [0.2, 0.25) is 10.0 Å². The van der Waals surface area contributed by atoms with Crippen LogP contribution in [-0.4, -0.2) is 26.2 Å². The van der Waals surface area contributed by atoms with Crippen LogP contribution in [0.5, 0.6) is 0 Å². The fourth-order valence-electron chi connectivity index (χ4n) is 2.81. The van der Waals surface area contributed by atoms with Crippen LogP contribution in [0.4, 0.5) is 0 Å². The summed E-state index contributed by atoms with van der Waals surface area (Å²) < 4.78 is 9.78. The van der Waals surface area contributed by atoms with E-state index in [2.05, 4.69) is 5.32 Å². The lowest BCUT2D eigenvalue weighted by molar-refractivity contribution is -0.137. The van der Waals surface area contributed by atoms with Crippen molar-refractivity contribution in [2.24, 2.45) is 0 Å². The van der Waals surface area contributed by atoms with Crippen LogP contribution in [0, 0.1) is 0 Å². The molecule has 0 aliphatic carbocycles. The molecule has 24 heavy (non-hydrogen) atoms. The largest absolute Gasteiger partial charge is 0.466 e. The van der Waals surface area contributed by atoms with Gasteiger partial charge < -0.3 is 14.8 Å². The lowest BCUT2D eigenvalue weighted by Gasteiger charge is -2.30. The van der Waals surface area contributed by atoms with Crippen LogP contribution < -0.4 is 5.32 Å². The van der Waals surface area contributed by atoms with E-state index in [0.29, 0.717) is 22.0 Å². The molecule has 0 saturated carbocycles. The molecule has 0 aromatic heterocycles. The third-order valence-electron chi connectivity index (χ3n) is 3.86. The molecule has 0 bridgehead atoms. The molecule has 0 unspecified atom stereocenters. The van der Waals surface area contributed by atoms with Crippen molar-refractivity contribution in [3.63, 3.8) is 0 Å². The summed E-state index contributed by atoms with van der Waals surface area (Å²) in [6.45, 7) is 3.46. The van der Waals surface area contributed by atoms with Gasteiger partial charge in [0.25, 0.3) is 0 Å². The van der Waals surface area contributed by atoms with Crippen molar-refractivity contribution >= 4 is 35.1 Å². The first kappa shape index (κ1) is 18.4. The minimum Gasteiger partial charge on any atom is -0.466 e. The number of esters is 2. The Balaban J connectivity index is 2.77. The van der Waals surface area contributed by atoms with E-state index in [1.54, 1.807) is 32.0 Å². The number of halogens is 2. The van der Waals surface area contributed by atoms with Gasteiger partial charge in [0.1, 0.15) is 0 Å². The molecule has 0 amide bonds. The van der Waals surface area contributed by atoms with Crippen molar-refractivity contribution in [2.45, 2.75) is 19.8 Å². The Bertz CT molecular complexity index is 730. The molecule has 2 rings (SSSR count). The lowest BCUT2D eigenvalue weighted by atomic mass is 9.80. The number of methoxy groups -OCH3 is 2. The third kappa shape index (κ3) is 3.14. The Labute approximate surface area is 150 Å². The molecule has 0 spiro atoms. The van der Waals surface area contributed by atoms with Gasteiger partial charge in [0.15, 0.2) is 0 Å². The summed E-state index contributed by atoms with van der Waals surface area (Å²) in [7, 11) is 2.56. The van der Waals surface area contributed by atoms with Crippen LogP contribution in [0.15, 0.2) is 40.7 Å². The van der Waals surface area contributed by atoms with E-state index in [1.807, 2.05) is 0 Å². The van der Waals surface area contributed by atoms with E-state index in [-0.39, 0.29) is 16.2 Å². The van der Waals surface area contributed by atoms with Crippen molar-refractivity contribution in [3.8, 4) is 0 Å². The highest BCUT2D eigenvalue weighted by Crippen LogP contribution is 2.43. The normalized spacial score (nSPS) is 15.2. The van der Waals surface area contributed by atoms with Gasteiger partial charge >= 0.3 is 11.9 Å². The van der Waals surface area contributed by atoms with Crippen molar-refractivity contribution in [2.75, 3.05) is 14.2 Å². The molecule has 1 aliphatic rings. The second kappa shape index (κ2) is 7.28. The minimum absolute atomic E-state index is 0.273. The Hall–Kier alpha value is -1.98. The Morgan fingerprint density at radius 1 is 1.00 bits per heavy atom. The van der Waals surface area contributed by atoms with Gasteiger partial charge in [0.2, 0.25) is 0 Å². The van der Waals surface area contributed by atoms with Gasteiger partial charge in [-0.15, -0.1) is 0 Å². The van der Waals surface area contributed by atoms with E-state index in [1.165, 1.54) is 14.2 Å².